The van der Waals surface area contributed by atoms with E-state index in [1.54, 1.807) is 30.3 Å². The number of hydrogen-bond donors (Lipinski definition) is 1. The maximum atomic E-state index is 11.8. The van der Waals surface area contributed by atoms with Gasteiger partial charge in [-0.15, -0.1) is 0 Å². The zero-order valence-corrected chi connectivity index (χ0v) is 15.3. The first kappa shape index (κ1) is 18.6. The Bertz CT molecular complexity index is 768. The van der Waals surface area contributed by atoms with E-state index in [0.717, 1.165) is 11.1 Å². The molecule has 126 valence electrons. The number of carbonyl (C=O) groups is 1. The van der Waals surface area contributed by atoms with E-state index in [0.29, 0.717) is 26.4 Å². The van der Waals surface area contributed by atoms with Gasteiger partial charge in [-0.2, -0.15) is 5.10 Å². The number of hydrogen-bond acceptors (Lipinski definition) is 3. The van der Waals surface area contributed by atoms with E-state index in [-0.39, 0.29) is 12.5 Å². The molecule has 0 saturated carbocycles. The highest BCUT2D eigenvalue weighted by Gasteiger charge is 2.06. The predicted octanol–water partition coefficient (Wildman–Crippen LogP) is 4.79. The van der Waals surface area contributed by atoms with Crippen molar-refractivity contribution in [1.29, 1.82) is 0 Å². The lowest BCUT2D eigenvalue weighted by atomic mass is 10.1. The van der Waals surface area contributed by atoms with Gasteiger partial charge in [0.1, 0.15) is 5.75 Å². The molecule has 0 saturated heterocycles. The molecule has 2 aromatic rings. The third-order valence-electron chi connectivity index (χ3n) is 3.14. The molecule has 1 N–H and O–H groups in total. The largest absolute Gasteiger partial charge is 0.484 e. The van der Waals surface area contributed by atoms with Gasteiger partial charge in [-0.25, -0.2) is 5.43 Å². The summed E-state index contributed by atoms with van der Waals surface area (Å²) >= 11 is 17.9. The molecule has 0 unspecified atom stereocenters. The zero-order chi connectivity index (χ0) is 17.7. The maximum absolute atomic E-state index is 11.8. The van der Waals surface area contributed by atoms with Crippen molar-refractivity contribution in [1.82, 2.24) is 5.43 Å². The van der Waals surface area contributed by atoms with Crippen LogP contribution >= 0.6 is 34.8 Å². The van der Waals surface area contributed by atoms with Crippen LogP contribution in [0.25, 0.3) is 0 Å². The molecular weight excluding hydrogens is 371 g/mol. The number of amides is 1. The van der Waals surface area contributed by atoms with Crippen LogP contribution in [0, 0.1) is 13.8 Å². The molecule has 0 radical (unpaired) electrons. The predicted molar refractivity (Wildman–Crippen MR) is 98.6 cm³/mol. The van der Waals surface area contributed by atoms with E-state index in [1.165, 1.54) is 6.21 Å². The molecule has 0 fully saturated rings. The summed E-state index contributed by atoms with van der Waals surface area (Å²) in [4.78, 5) is 11.8. The van der Waals surface area contributed by atoms with Gasteiger partial charge in [0.15, 0.2) is 6.61 Å². The fourth-order valence-electron chi connectivity index (χ4n) is 1.95. The van der Waals surface area contributed by atoms with Crippen molar-refractivity contribution in [3.05, 3.63) is 62.1 Å². The van der Waals surface area contributed by atoms with E-state index in [4.69, 9.17) is 39.5 Å². The molecule has 2 aromatic carbocycles. The summed E-state index contributed by atoms with van der Waals surface area (Å²) in [6, 6.07) is 8.54. The van der Waals surface area contributed by atoms with Crippen LogP contribution in [0.5, 0.6) is 5.75 Å². The lowest BCUT2D eigenvalue weighted by Gasteiger charge is -2.09. The van der Waals surface area contributed by atoms with Crippen molar-refractivity contribution in [2.75, 3.05) is 6.61 Å². The second-order valence-electron chi connectivity index (χ2n) is 5.12. The number of hydrazone groups is 1. The smallest absolute Gasteiger partial charge is 0.277 e. The van der Waals surface area contributed by atoms with Crippen LogP contribution < -0.4 is 10.2 Å². The van der Waals surface area contributed by atoms with Gasteiger partial charge in [-0.1, -0.05) is 40.9 Å². The Morgan fingerprint density at radius 3 is 2.46 bits per heavy atom. The third kappa shape index (κ3) is 5.13. The zero-order valence-electron chi connectivity index (χ0n) is 13.1. The van der Waals surface area contributed by atoms with E-state index in [1.807, 2.05) is 13.8 Å². The minimum atomic E-state index is -0.387. The van der Waals surface area contributed by atoms with E-state index >= 15 is 0 Å². The van der Waals surface area contributed by atoms with Crippen molar-refractivity contribution >= 4 is 46.9 Å². The Kier molecular flexibility index (Phi) is 6.49. The minimum absolute atomic E-state index is 0.161. The molecule has 0 aliphatic rings. The summed E-state index contributed by atoms with van der Waals surface area (Å²) in [5.74, 6) is 0.191. The Hall–Kier alpha value is -1.75. The van der Waals surface area contributed by atoms with Crippen molar-refractivity contribution in [3.63, 3.8) is 0 Å². The summed E-state index contributed by atoms with van der Waals surface area (Å²) in [5, 5.41) is 5.51. The number of carbonyl (C=O) groups excluding carboxylic acids is 1. The molecular formula is C17H15Cl3N2O2. The lowest BCUT2D eigenvalue weighted by molar-refractivity contribution is -0.123. The highest BCUT2D eigenvalue weighted by molar-refractivity contribution is 6.36. The van der Waals surface area contributed by atoms with Gasteiger partial charge in [0.2, 0.25) is 0 Å². The van der Waals surface area contributed by atoms with Crippen LogP contribution in [0.3, 0.4) is 0 Å². The standard InChI is InChI=1S/C17H15Cl3N2O2/c1-10-5-14(6-11(2)17(10)20)24-9-16(23)22-21-8-12-3-4-13(18)7-15(12)19/h3-8H,9H2,1-2H3,(H,22,23). The fourth-order valence-corrected chi connectivity index (χ4v) is 2.52. The number of rotatable bonds is 5. The number of aryl methyl sites for hydroxylation is 2. The van der Waals surface area contributed by atoms with Crippen LogP contribution in [-0.4, -0.2) is 18.7 Å². The Balaban J connectivity index is 1.88. The van der Waals surface area contributed by atoms with Crippen molar-refractivity contribution in [2.24, 2.45) is 5.10 Å². The third-order valence-corrected chi connectivity index (χ3v) is 4.29. The lowest BCUT2D eigenvalue weighted by Crippen LogP contribution is -2.24. The molecule has 0 heterocycles. The highest BCUT2D eigenvalue weighted by atomic mass is 35.5. The van der Waals surface area contributed by atoms with Gasteiger partial charge in [0, 0.05) is 15.6 Å². The van der Waals surface area contributed by atoms with E-state index in [9.17, 15) is 4.79 Å². The van der Waals surface area contributed by atoms with Gasteiger partial charge in [0.25, 0.3) is 5.91 Å². The van der Waals surface area contributed by atoms with Gasteiger partial charge < -0.3 is 4.74 Å². The molecule has 0 spiro atoms. The second-order valence-corrected chi connectivity index (χ2v) is 6.34. The summed E-state index contributed by atoms with van der Waals surface area (Å²) in [7, 11) is 0. The van der Waals surface area contributed by atoms with Crippen LogP contribution in [0.2, 0.25) is 15.1 Å². The summed E-state index contributed by atoms with van der Waals surface area (Å²) in [5.41, 5.74) is 4.80. The molecule has 24 heavy (non-hydrogen) atoms. The average Bonchev–Trinajstić information content (AvgIpc) is 2.52. The summed E-state index contributed by atoms with van der Waals surface area (Å²) in [6.07, 6.45) is 1.44. The molecule has 1 amide bonds. The van der Waals surface area contributed by atoms with Crippen molar-refractivity contribution in [2.45, 2.75) is 13.8 Å². The number of benzene rings is 2. The number of nitrogens with one attached hydrogen (secondary N) is 1. The first-order valence-corrected chi connectivity index (χ1v) is 8.16. The molecule has 0 aromatic heterocycles. The topological polar surface area (TPSA) is 50.7 Å². The quantitative estimate of drug-likeness (QED) is 0.594. The van der Waals surface area contributed by atoms with Gasteiger partial charge >= 0.3 is 0 Å². The van der Waals surface area contributed by atoms with E-state index in [2.05, 4.69) is 10.5 Å². The number of nitrogens with zero attached hydrogens (tertiary/aromatic N) is 1. The SMILES string of the molecule is Cc1cc(OCC(=O)NN=Cc2ccc(Cl)cc2Cl)cc(C)c1Cl. The van der Waals surface area contributed by atoms with Crippen LogP contribution in [0.1, 0.15) is 16.7 Å². The number of ether oxygens (including phenoxy) is 1. The average molecular weight is 386 g/mol. The summed E-state index contributed by atoms with van der Waals surface area (Å²) in [6.45, 7) is 3.59. The van der Waals surface area contributed by atoms with E-state index < -0.39 is 0 Å². The normalized spacial score (nSPS) is 10.9. The minimum Gasteiger partial charge on any atom is -0.484 e. The monoisotopic (exact) mass is 384 g/mol. The van der Waals surface area contributed by atoms with Gasteiger partial charge in [0.05, 0.1) is 11.2 Å². The molecule has 7 heteroatoms. The summed E-state index contributed by atoms with van der Waals surface area (Å²) < 4.78 is 5.44. The molecule has 0 aliphatic heterocycles. The molecule has 2 rings (SSSR count). The van der Waals surface area contributed by atoms with Gasteiger partial charge in [-0.3, -0.25) is 4.79 Å². The Morgan fingerprint density at radius 1 is 1.17 bits per heavy atom. The second kappa shape index (κ2) is 8.38. The first-order chi connectivity index (χ1) is 11.4. The molecule has 0 bridgehead atoms. The fraction of sp³-hybridized carbons (Fsp3) is 0.176. The Morgan fingerprint density at radius 2 is 1.83 bits per heavy atom. The highest BCUT2D eigenvalue weighted by Crippen LogP contribution is 2.25. The first-order valence-electron chi connectivity index (χ1n) is 7.03. The maximum Gasteiger partial charge on any atom is 0.277 e. The molecule has 0 atom stereocenters. The van der Waals surface area contributed by atoms with Crippen LogP contribution in [0.15, 0.2) is 35.4 Å². The van der Waals surface area contributed by atoms with Crippen molar-refractivity contribution < 1.29 is 9.53 Å². The molecule has 4 nitrogen and oxygen atoms in total. The van der Waals surface area contributed by atoms with Crippen LogP contribution in [-0.2, 0) is 4.79 Å². The van der Waals surface area contributed by atoms with Gasteiger partial charge in [-0.05, 0) is 49.2 Å². The van der Waals surface area contributed by atoms with Crippen LogP contribution in [0.4, 0.5) is 0 Å². The van der Waals surface area contributed by atoms with Crippen molar-refractivity contribution in [3.8, 4) is 5.75 Å². The molecule has 0 aliphatic carbocycles. The Labute approximate surface area is 155 Å². The number of halogens is 3.